The number of carbonyl (C=O) groups is 2. The SMILES string of the molecule is CCc1ccc(CN(C)C(=O)CCCNC(=O)c2ccccc2)cc1. The van der Waals surface area contributed by atoms with E-state index in [1.807, 2.05) is 25.2 Å². The Kier molecular flexibility index (Phi) is 7.20. The summed E-state index contributed by atoms with van der Waals surface area (Å²) in [6.45, 7) is 3.24. The van der Waals surface area contributed by atoms with Crippen LogP contribution in [0.5, 0.6) is 0 Å². The third-order valence-electron chi connectivity index (χ3n) is 4.17. The molecule has 0 heterocycles. The van der Waals surface area contributed by atoms with Gasteiger partial charge in [0.05, 0.1) is 0 Å². The molecule has 0 aliphatic heterocycles. The normalized spacial score (nSPS) is 10.3. The van der Waals surface area contributed by atoms with Crippen molar-refractivity contribution in [3.63, 3.8) is 0 Å². The Morgan fingerprint density at radius 3 is 2.24 bits per heavy atom. The Morgan fingerprint density at radius 1 is 0.960 bits per heavy atom. The number of nitrogens with zero attached hydrogens (tertiary/aromatic N) is 1. The van der Waals surface area contributed by atoms with Crippen LogP contribution in [0.4, 0.5) is 0 Å². The summed E-state index contributed by atoms with van der Waals surface area (Å²) >= 11 is 0. The lowest BCUT2D eigenvalue weighted by atomic mass is 10.1. The van der Waals surface area contributed by atoms with Crippen molar-refractivity contribution in [1.82, 2.24) is 10.2 Å². The van der Waals surface area contributed by atoms with Crippen molar-refractivity contribution in [2.75, 3.05) is 13.6 Å². The molecule has 25 heavy (non-hydrogen) atoms. The van der Waals surface area contributed by atoms with Crippen molar-refractivity contribution >= 4 is 11.8 Å². The second-order valence-electron chi connectivity index (χ2n) is 6.15. The van der Waals surface area contributed by atoms with Crippen LogP contribution in [0.1, 0.15) is 41.3 Å². The number of carbonyl (C=O) groups excluding carboxylic acids is 2. The smallest absolute Gasteiger partial charge is 0.251 e. The molecule has 132 valence electrons. The molecular weight excluding hydrogens is 312 g/mol. The van der Waals surface area contributed by atoms with Crippen LogP contribution >= 0.6 is 0 Å². The van der Waals surface area contributed by atoms with E-state index in [4.69, 9.17) is 0 Å². The van der Waals surface area contributed by atoms with Gasteiger partial charge in [0.25, 0.3) is 5.91 Å². The van der Waals surface area contributed by atoms with E-state index in [1.165, 1.54) is 5.56 Å². The van der Waals surface area contributed by atoms with Crippen LogP contribution in [0.15, 0.2) is 54.6 Å². The lowest BCUT2D eigenvalue weighted by Gasteiger charge is -2.17. The van der Waals surface area contributed by atoms with Crippen LogP contribution in [-0.4, -0.2) is 30.3 Å². The van der Waals surface area contributed by atoms with Gasteiger partial charge in [0.2, 0.25) is 5.91 Å². The Bertz CT molecular complexity index is 681. The number of rotatable bonds is 8. The van der Waals surface area contributed by atoms with Gasteiger partial charge in [0, 0.05) is 32.1 Å². The number of nitrogens with one attached hydrogen (secondary N) is 1. The van der Waals surface area contributed by atoms with Gasteiger partial charge in [-0.1, -0.05) is 49.4 Å². The summed E-state index contributed by atoms with van der Waals surface area (Å²) in [6.07, 6.45) is 2.08. The van der Waals surface area contributed by atoms with Crippen LogP contribution < -0.4 is 5.32 Å². The first kappa shape index (κ1) is 18.7. The summed E-state index contributed by atoms with van der Waals surface area (Å²) in [4.78, 5) is 25.8. The highest BCUT2D eigenvalue weighted by atomic mass is 16.2. The zero-order chi connectivity index (χ0) is 18.1. The molecule has 2 rings (SSSR count). The summed E-state index contributed by atoms with van der Waals surface area (Å²) in [5.41, 5.74) is 3.07. The van der Waals surface area contributed by atoms with E-state index in [2.05, 4.69) is 36.5 Å². The molecule has 0 unspecified atom stereocenters. The molecule has 0 aliphatic rings. The minimum Gasteiger partial charge on any atom is -0.352 e. The highest BCUT2D eigenvalue weighted by molar-refractivity contribution is 5.94. The zero-order valence-corrected chi connectivity index (χ0v) is 15.0. The summed E-state index contributed by atoms with van der Waals surface area (Å²) < 4.78 is 0. The maximum absolute atomic E-state index is 12.2. The molecule has 0 saturated carbocycles. The fraction of sp³-hybridized carbons (Fsp3) is 0.333. The van der Waals surface area contributed by atoms with Crippen molar-refractivity contribution in [2.45, 2.75) is 32.7 Å². The molecule has 2 aromatic carbocycles. The monoisotopic (exact) mass is 338 g/mol. The van der Waals surface area contributed by atoms with E-state index in [0.717, 1.165) is 12.0 Å². The van der Waals surface area contributed by atoms with Crippen LogP contribution in [0.3, 0.4) is 0 Å². The quantitative estimate of drug-likeness (QED) is 0.750. The summed E-state index contributed by atoms with van der Waals surface area (Å²) in [5, 5.41) is 2.85. The van der Waals surface area contributed by atoms with E-state index >= 15 is 0 Å². The van der Waals surface area contributed by atoms with Gasteiger partial charge >= 0.3 is 0 Å². The molecule has 0 bridgehead atoms. The minimum atomic E-state index is -0.0996. The summed E-state index contributed by atoms with van der Waals surface area (Å²) in [5.74, 6) is -0.00838. The maximum Gasteiger partial charge on any atom is 0.251 e. The second-order valence-corrected chi connectivity index (χ2v) is 6.15. The molecule has 2 aromatic rings. The Labute approximate surface area is 149 Å². The molecule has 1 N–H and O–H groups in total. The first-order valence-electron chi connectivity index (χ1n) is 8.75. The van der Waals surface area contributed by atoms with E-state index in [-0.39, 0.29) is 11.8 Å². The molecule has 4 heteroatoms. The van der Waals surface area contributed by atoms with Gasteiger partial charge in [-0.15, -0.1) is 0 Å². The average Bonchev–Trinajstić information content (AvgIpc) is 2.66. The first-order valence-corrected chi connectivity index (χ1v) is 8.75. The first-order chi connectivity index (χ1) is 12.1. The van der Waals surface area contributed by atoms with Crippen molar-refractivity contribution in [2.24, 2.45) is 0 Å². The summed E-state index contributed by atoms with van der Waals surface area (Å²) in [6, 6.07) is 17.4. The largest absolute Gasteiger partial charge is 0.352 e. The van der Waals surface area contributed by atoms with Crippen LogP contribution in [0.2, 0.25) is 0 Å². The molecule has 0 atom stereocenters. The molecule has 0 fully saturated rings. The van der Waals surface area contributed by atoms with E-state index in [1.54, 1.807) is 17.0 Å². The average molecular weight is 338 g/mol. The van der Waals surface area contributed by atoms with Gasteiger partial charge in [-0.25, -0.2) is 0 Å². The van der Waals surface area contributed by atoms with E-state index in [9.17, 15) is 9.59 Å². The lowest BCUT2D eigenvalue weighted by molar-refractivity contribution is -0.130. The number of aryl methyl sites for hydroxylation is 1. The van der Waals surface area contributed by atoms with Gasteiger partial charge in [-0.2, -0.15) is 0 Å². The lowest BCUT2D eigenvalue weighted by Crippen LogP contribution is -2.28. The molecule has 0 aromatic heterocycles. The predicted molar refractivity (Wildman–Crippen MR) is 100 cm³/mol. The fourth-order valence-corrected chi connectivity index (χ4v) is 2.57. The third kappa shape index (κ3) is 6.07. The molecule has 0 spiro atoms. The standard InChI is InChI=1S/C21H26N2O2/c1-3-17-11-13-18(14-12-17)16-23(2)20(24)10-7-15-22-21(25)19-8-5-4-6-9-19/h4-6,8-9,11-14H,3,7,10,15-16H2,1-2H3,(H,22,25). The topological polar surface area (TPSA) is 49.4 Å². The van der Waals surface area contributed by atoms with Gasteiger partial charge in [-0.05, 0) is 36.1 Å². The van der Waals surface area contributed by atoms with Gasteiger partial charge in [0.15, 0.2) is 0 Å². The Morgan fingerprint density at radius 2 is 1.60 bits per heavy atom. The van der Waals surface area contributed by atoms with E-state index < -0.39 is 0 Å². The minimum absolute atomic E-state index is 0.0912. The van der Waals surface area contributed by atoms with Crippen LogP contribution in [0, 0.1) is 0 Å². The Balaban J connectivity index is 1.69. The molecule has 2 amide bonds. The van der Waals surface area contributed by atoms with Crippen molar-refractivity contribution in [1.29, 1.82) is 0 Å². The number of benzene rings is 2. The molecule has 4 nitrogen and oxygen atoms in total. The second kappa shape index (κ2) is 9.62. The van der Waals surface area contributed by atoms with E-state index in [0.29, 0.717) is 31.5 Å². The predicted octanol–water partition coefficient (Wildman–Crippen LogP) is 3.42. The van der Waals surface area contributed by atoms with Crippen molar-refractivity contribution in [3.8, 4) is 0 Å². The van der Waals surface area contributed by atoms with Crippen LogP contribution in [-0.2, 0) is 17.8 Å². The van der Waals surface area contributed by atoms with Crippen molar-refractivity contribution < 1.29 is 9.59 Å². The highest BCUT2D eigenvalue weighted by Gasteiger charge is 2.10. The van der Waals surface area contributed by atoms with Crippen LogP contribution in [0.25, 0.3) is 0 Å². The summed E-state index contributed by atoms with van der Waals surface area (Å²) in [7, 11) is 1.82. The molecule has 0 radical (unpaired) electrons. The number of hydrogen-bond donors (Lipinski definition) is 1. The third-order valence-corrected chi connectivity index (χ3v) is 4.17. The van der Waals surface area contributed by atoms with Crippen molar-refractivity contribution in [3.05, 3.63) is 71.3 Å². The fourth-order valence-electron chi connectivity index (χ4n) is 2.57. The number of hydrogen-bond acceptors (Lipinski definition) is 2. The Hall–Kier alpha value is -2.62. The highest BCUT2D eigenvalue weighted by Crippen LogP contribution is 2.08. The molecule has 0 saturated heterocycles. The number of amides is 2. The maximum atomic E-state index is 12.2. The van der Waals surface area contributed by atoms with Gasteiger partial charge in [-0.3, -0.25) is 9.59 Å². The van der Waals surface area contributed by atoms with Gasteiger partial charge < -0.3 is 10.2 Å². The molecular formula is C21H26N2O2. The van der Waals surface area contributed by atoms with Gasteiger partial charge in [0.1, 0.15) is 0 Å². The molecule has 0 aliphatic carbocycles. The zero-order valence-electron chi connectivity index (χ0n) is 15.0.